The van der Waals surface area contributed by atoms with Crippen LogP contribution < -0.4 is 5.32 Å². The molecule has 1 fully saturated rings. The van der Waals surface area contributed by atoms with Crippen molar-refractivity contribution >= 4 is 11.6 Å². The van der Waals surface area contributed by atoms with Crippen LogP contribution in [0.5, 0.6) is 0 Å². The molecule has 1 saturated heterocycles. The number of benzene rings is 3. The van der Waals surface area contributed by atoms with Crippen LogP contribution in [0.1, 0.15) is 137 Å². The summed E-state index contributed by atoms with van der Waals surface area (Å²) in [6.07, 6.45) is 13.9. The fourth-order valence-electron chi connectivity index (χ4n) is 6.57. The van der Waals surface area contributed by atoms with Gasteiger partial charge in [-0.1, -0.05) is 114 Å². The summed E-state index contributed by atoms with van der Waals surface area (Å²) in [7, 11) is 0. The zero-order chi connectivity index (χ0) is 37.5. The number of rotatable bonds is 21. The molecule has 2 N–H and O–H groups in total. The molecule has 3 aromatic rings. The van der Waals surface area contributed by atoms with Crippen molar-refractivity contribution in [1.29, 1.82) is 0 Å². The number of halogens is 5. The Balaban J connectivity index is 1.49. The second-order valence-corrected chi connectivity index (χ2v) is 13.7. The summed E-state index contributed by atoms with van der Waals surface area (Å²) in [6, 6.07) is 13.8. The molecule has 52 heavy (non-hydrogen) atoms. The van der Waals surface area contributed by atoms with E-state index in [1.54, 1.807) is 12.1 Å². The van der Waals surface area contributed by atoms with E-state index in [9.17, 15) is 31.9 Å². The van der Waals surface area contributed by atoms with E-state index < -0.39 is 46.8 Å². The minimum Gasteiger partial charge on any atom is -0.392 e. The van der Waals surface area contributed by atoms with Crippen LogP contribution in [0.4, 0.5) is 27.6 Å². The highest BCUT2D eigenvalue weighted by atomic mass is 19.2. The standard InChI is InChI=1S/C41H53F5N2O4/c1-3-5-7-9-11-13-23-48(24-14-12-10-8-6-4-2)26-32-25-33(29-17-15-28(27-49)16-18-29)52-41(51-32)30-19-21-31(22-20-30)47-40(50)34-35(42)37(44)39(46)38(45)36(34)43/h15-22,32-33,41,49H,3-14,23-27H2,1-2H3,(H,47,50)/t32-,33+,41+/m0/s1. The number of ether oxygens (including phenoxy) is 2. The van der Waals surface area contributed by atoms with Crippen molar-refractivity contribution in [1.82, 2.24) is 4.90 Å². The number of hydrogen-bond acceptors (Lipinski definition) is 5. The third-order valence-electron chi connectivity index (χ3n) is 9.61. The molecule has 1 aliphatic rings. The van der Waals surface area contributed by atoms with Gasteiger partial charge < -0.3 is 24.8 Å². The molecule has 11 heteroatoms. The van der Waals surface area contributed by atoms with Gasteiger partial charge in [0, 0.05) is 24.2 Å². The summed E-state index contributed by atoms with van der Waals surface area (Å²) in [5, 5.41) is 11.8. The van der Waals surface area contributed by atoms with E-state index in [1.807, 2.05) is 24.3 Å². The maximum Gasteiger partial charge on any atom is 0.261 e. The molecule has 3 atom stereocenters. The Morgan fingerprint density at radius 3 is 1.73 bits per heavy atom. The minimum absolute atomic E-state index is 0.0702. The van der Waals surface area contributed by atoms with Crippen molar-refractivity contribution in [2.24, 2.45) is 0 Å². The number of amides is 1. The molecule has 0 unspecified atom stereocenters. The number of aliphatic hydroxyl groups excluding tert-OH is 1. The van der Waals surface area contributed by atoms with Gasteiger partial charge in [-0.15, -0.1) is 0 Å². The number of nitrogens with one attached hydrogen (secondary N) is 1. The average molecular weight is 733 g/mol. The summed E-state index contributed by atoms with van der Waals surface area (Å²) in [6.45, 7) is 7.07. The first-order valence-electron chi connectivity index (χ1n) is 18.8. The number of nitrogens with zero attached hydrogens (tertiary/aromatic N) is 1. The number of hydrogen-bond donors (Lipinski definition) is 2. The molecule has 1 heterocycles. The Bertz CT molecular complexity index is 1490. The minimum atomic E-state index is -2.34. The zero-order valence-electron chi connectivity index (χ0n) is 30.4. The maximum absolute atomic E-state index is 14.2. The lowest BCUT2D eigenvalue weighted by molar-refractivity contribution is -0.253. The highest BCUT2D eigenvalue weighted by Crippen LogP contribution is 2.38. The van der Waals surface area contributed by atoms with Gasteiger partial charge in [0.15, 0.2) is 29.6 Å². The smallest absolute Gasteiger partial charge is 0.261 e. The SMILES string of the molecule is CCCCCCCCN(CCCCCCCC)C[C@@H]1C[C@H](c2ccc(CO)cc2)O[C@H](c2ccc(NC(=O)c3c(F)c(F)c(F)c(F)c3F)cc2)O1. The first-order valence-corrected chi connectivity index (χ1v) is 18.8. The van der Waals surface area contributed by atoms with Gasteiger partial charge in [0.2, 0.25) is 5.82 Å². The first-order chi connectivity index (χ1) is 25.2. The van der Waals surface area contributed by atoms with Crippen LogP contribution in [0.15, 0.2) is 48.5 Å². The molecule has 6 nitrogen and oxygen atoms in total. The highest BCUT2D eigenvalue weighted by molar-refractivity contribution is 6.04. The Kier molecular flexibility index (Phi) is 17.0. The van der Waals surface area contributed by atoms with E-state index in [0.29, 0.717) is 12.0 Å². The normalized spacial score (nSPS) is 17.5. The van der Waals surface area contributed by atoms with Crippen molar-refractivity contribution < 1.29 is 41.3 Å². The van der Waals surface area contributed by atoms with Gasteiger partial charge in [-0.2, -0.15) is 0 Å². The van der Waals surface area contributed by atoms with E-state index in [-0.39, 0.29) is 24.5 Å². The molecule has 1 amide bonds. The molecule has 0 spiro atoms. The predicted molar refractivity (Wildman–Crippen MR) is 192 cm³/mol. The summed E-state index contributed by atoms with van der Waals surface area (Å²) in [5.41, 5.74) is 0.861. The molecule has 286 valence electrons. The molecule has 0 bridgehead atoms. The van der Waals surface area contributed by atoms with E-state index in [2.05, 4.69) is 24.1 Å². The van der Waals surface area contributed by atoms with Gasteiger partial charge in [-0.05, 0) is 49.2 Å². The highest BCUT2D eigenvalue weighted by Gasteiger charge is 2.34. The van der Waals surface area contributed by atoms with E-state index in [1.165, 1.54) is 76.3 Å². The number of carbonyl (C=O) groups is 1. The van der Waals surface area contributed by atoms with Gasteiger partial charge in [0.1, 0.15) is 5.56 Å². The molecule has 0 aromatic heterocycles. The summed E-state index contributed by atoms with van der Waals surface area (Å²) >= 11 is 0. The fourth-order valence-corrected chi connectivity index (χ4v) is 6.57. The monoisotopic (exact) mass is 732 g/mol. The fraction of sp³-hybridized carbons (Fsp3) is 0.537. The van der Waals surface area contributed by atoms with Crippen molar-refractivity contribution in [2.75, 3.05) is 25.0 Å². The average Bonchev–Trinajstić information content (AvgIpc) is 3.16. The van der Waals surface area contributed by atoms with Crippen LogP contribution in [-0.4, -0.2) is 41.7 Å². The Labute approximate surface area is 304 Å². The molecule has 0 radical (unpaired) electrons. The lowest BCUT2D eigenvalue weighted by atomic mass is 9.99. The topological polar surface area (TPSA) is 71.0 Å². The number of carbonyl (C=O) groups excluding carboxylic acids is 1. The molecular formula is C41H53F5N2O4. The van der Waals surface area contributed by atoms with Crippen molar-refractivity contribution in [2.45, 2.75) is 122 Å². The van der Waals surface area contributed by atoms with Gasteiger partial charge in [-0.25, -0.2) is 22.0 Å². The van der Waals surface area contributed by atoms with Crippen LogP contribution in [0.2, 0.25) is 0 Å². The summed E-state index contributed by atoms with van der Waals surface area (Å²) in [5.74, 6) is -12.6. The third-order valence-corrected chi connectivity index (χ3v) is 9.61. The third kappa shape index (κ3) is 11.8. The first kappa shape index (κ1) is 41.4. The van der Waals surface area contributed by atoms with Crippen LogP contribution >= 0.6 is 0 Å². The molecule has 0 aliphatic carbocycles. The maximum atomic E-state index is 14.2. The van der Waals surface area contributed by atoms with Gasteiger partial charge >= 0.3 is 0 Å². The summed E-state index contributed by atoms with van der Waals surface area (Å²) in [4.78, 5) is 15.1. The van der Waals surface area contributed by atoms with Crippen LogP contribution in [0.3, 0.4) is 0 Å². The molecule has 4 rings (SSSR count). The number of unbranched alkanes of at least 4 members (excludes halogenated alkanes) is 10. The molecular weight excluding hydrogens is 679 g/mol. The number of aliphatic hydroxyl groups is 1. The quantitative estimate of drug-likeness (QED) is 0.0494. The van der Waals surface area contributed by atoms with Crippen molar-refractivity contribution in [3.63, 3.8) is 0 Å². The largest absolute Gasteiger partial charge is 0.392 e. The van der Waals surface area contributed by atoms with Gasteiger partial charge in [0.05, 0.1) is 18.8 Å². The van der Waals surface area contributed by atoms with Crippen LogP contribution in [0.25, 0.3) is 0 Å². The molecule has 3 aromatic carbocycles. The zero-order valence-corrected chi connectivity index (χ0v) is 30.4. The second kappa shape index (κ2) is 21.4. The van der Waals surface area contributed by atoms with Crippen molar-refractivity contribution in [3.8, 4) is 0 Å². The number of anilines is 1. The molecule has 1 aliphatic heterocycles. The molecule has 0 saturated carbocycles. The second-order valence-electron chi connectivity index (χ2n) is 13.7. The van der Waals surface area contributed by atoms with Crippen molar-refractivity contribution in [3.05, 3.63) is 99.9 Å². The Hall–Kier alpha value is -3.38. The lowest BCUT2D eigenvalue weighted by Crippen LogP contribution is -2.40. The predicted octanol–water partition coefficient (Wildman–Crippen LogP) is 10.7. The van der Waals surface area contributed by atoms with E-state index >= 15 is 0 Å². The Morgan fingerprint density at radius 2 is 1.19 bits per heavy atom. The van der Waals surface area contributed by atoms with Crippen LogP contribution in [0, 0.1) is 29.1 Å². The Morgan fingerprint density at radius 1 is 0.692 bits per heavy atom. The summed E-state index contributed by atoms with van der Waals surface area (Å²) < 4.78 is 82.4. The van der Waals surface area contributed by atoms with Gasteiger partial charge in [0.25, 0.3) is 5.91 Å². The van der Waals surface area contributed by atoms with E-state index in [0.717, 1.165) is 43.6 Å². The van der Waals surface area contributed by atoms with Crippen LogP contribution in [-0.2, 0) is 16.1 Å². The lowest BCUT2D eigenvalue weighted by Gasteiger charge is -2.38. The van der Waals surface area contributed by atoms with Gasteiger partial charge in [-0.3, -0.25) is 4.79 Å². The van der Waals surface area contributed by atoms with E-state index in [4.69, 9.17) is 9.47 Å².